The van der Waals surface area contributed by atoms with Crippen LogP contribution in [0.5, 0.6) is 5.75 Å². The van der Waals surface area contributed by atoms with Crippen LogP contribution in [0.4, 0.5) is 4.39 Å². The van der Waals surface area contributed by atoms with Gasteiger partial charge >= 0.3 is 0 Å². The molecule has 24 heavy (non-hydrogen) atoms. The van der Waals surface area contributed by atoms with Crippen LogP contribution < -0.4 is 0 Å². The van der Waals surface area contributed by atoms with E-state index in [4.69, 9.17) is 12.2 Å². The first-order valence-corrected chi connectivity index (χ1v) is 8.09. The van der Waals surface area contributed by atoms with Crippen LogP contribution in [0.2, 0.25) is 0 Å². The minimum Gasteiger partial charge on any atom is -0.507 e. The topological polar surface area (TPSA) is 53.8 Å². The number of nitrogens with one attached hydrogen (secondary N) is 1. The van der Waals surface area contributed by atoms with E-state index in [1.807, 2.05) is 12.1 Å². The van der Waals surface area contributed by atoms with Gasteiger partial charge in [0.1, 0.15) is 11.6 Å². The Morgan fingerprint density at radius 1 is 1.21 bits per heavy atom. The number of nitrogens with zero attached hydrogens (tertiary/aromatic N) is 2. The fourth-order valence-corrected chi connectivity index (χ4v) is 2.73. The molecule has 0 aliphatic heterocycles. The predicted molar refractivity (Wildman–Crippen MR) is 94.1 cm³/mol. The van der Waals surface area contributed by atoms with Gasteiger partial charge in [-0.05, 0) is 53.5 Å². The van der Waals surface area contributed by atoms with Crippen LogP contribution in [0.25, 0.3) is 11.4 Å². The van der Waals surface area contributed by atoms with Crippen molar-refractivity contribution in [1.82, 2.24) is 14.8 Å². The average molecular weight is 343 g/mol. The van der Waals surface area contributed by atoms with Gasteiger partial charge in [-0.1, -0.05) is 32.0 Å². The van der Waals surface area contributed by atoms with Gasteiger partial charge in [0.15, 0.2) is 10.6 Å². The molecule has 0 saturated carbocycles. The Morgan fingerprint density at radius 2 is 1.92 bits per heavy atom. The van der Waals surface area contributed by atoms with Crippen LogP contribution in [0, 0.1) is 10.6 Å². The summed E-state index contributed by atoms with van der Waals surface area (Å²) in [5.41, 5.74) is 2.62. The second-order valence-electron chi connectivity index (χ2n) is 6.00. The van der Waals surface area contributed by atoms with Crippen molar-refractivity contribution < 1.29 is 9.50 Å². The summed E-state index contributed by atoms with van der Waals surface area (Å²) in [5.74, 6) is 0.756. The van der Waals surface area contributed by atoms with Crippen LogP contribution in [0.3, 0.4) is 0 Å². The fraction of sp³-hybridized carbons (Fsp3) is 0.222. The van der Waals surface area contributed by atoms with Crippen LogP contribution in [0.15, 0.2) is 42.5 Å². The number of H-pyrrole nitrogens is 1. The van der Waals surface area contributed by atoms with Crippen molar-refractivity contribution in [2.75, 3.05) is 0 Å². The molecule has 0 fully saturated rings. The number of halogens is 1. The van der Waals surface area contributed by atoms with E-state index in [2.05, 4.69) is 24.0 Å². The zero-order valence-corrected chi connectivity index (χ0v) is 14.3. The van der Waals surface area contributed by atoms with Crippen molar-refractivity contribution in [2.45, 2.75) is 26.3 Å². The van der Waals surface area contributed by atoms with E-state index in [1.165, 1.54) is 12.1 Å². The number of hydrogen-bond donors (Lipinski definition) is 2. The van der Waals surface area contributed by atoms with Crippen molar-refractivity contribution in [2.24, 2.45) is 0 Å². The van der Waals surface area contributed by atoms with Crippen LogP contribution in [-0.4, -0.2) is 19.9 Å². The highest BCUT2D eigenvalue weighted by Gasteiger charge is 2.15. The number of benzene rings is 2. The van der Waals surface area contributed by atoms with Crippen molar-refractivity contribution in [3.05, 3.63) is 64.2 Å². The van der Waals surface area contributed by atoms with Gasteiger partial charge in [0, 0.05) is 0 Å². The Bertz CT molecular complexity index is 913. The van der Waals surface area contributed by atoms with Gasteiger partial charge in [-0.15, -0.1) is 0 Å². The molecule has 1 heterocycles. The molecule has 1 aromatic heterocycles. The Morgan fingerprint density at radius 3 is 2.58 bits per heavy atom. The van der Waals surface area contributed by atoms with Gasteiger partial charge in [-0.25, -0.2) is 4.39 Å². The molecule has 4 nitrogen and oxygen atoms in total. The SMILES string of the molecule is CC(C)c1ccc(O)c(-c2n[nH]c(=S)n2Cc2ccc(F)cc2)c1. The van der Waals surface area contributed by atoms with Crippen molar-refractivity contribution >= 4 is 12.2 Å². The summed E-state index contributed by atoms with van der Waals surface area (Å²) in [6.07, 6.45) is 0. The largest absolute Gasteiger partial charge is 0.507 e. The van der Waals surface area contributed by atoms with E-state index < -0.39 is 0 Å². The summed E-state index contributed by atoms with van der Waals surface area (Å²) < 4.78 is 15.3. The first-order valence-electron chi connectivity index (χ1n) is 7.68. The predicted octanol–water partition coefficient (Wildman–Crippen LogP) is 4.62. The number of phenols is 1. The van der Waals surface area contributed by atoms with Crippen LogP contribution >= 0.6 is 12.2 Å². The van der Waals surface area contributed by atoms with E-state index >= 15 is 0 Å². The maximum Gasteiger partial charge on any atom is 0.195 e. The lowest BCUT2D eigenvalue weighted by Gasteiger charge is -2.11. The van der Waals surface area contributed by atoms with Gasteiger partial charge in [-0.2, -0.15) is 5.10 Å². The molecule has 3 aromatic rings. The molecule has 0 aliphatic rings. The molecular weight excluding hydrogens is 325 g/mol. The number of aromatic amines is 1. The first-order chi connectivity index (χ1) is 11.5. The van der Waals surface area contributed by atoms with E-state index in [0.717, 1.165) is 11.1 Å². The smallest absolute Gasteiger partial charge is 0.195 e. The van der Waals surface area contributed by atoms with E-state index in [1.54, 1.807) is 22.8 Å². The molecule has 0 saturated heterocycles. The monoisotopic (exact) mass is 343 g/mol. The lowest BCUT2D eigenvalue weighted by Crippen LogP contribution is -2.03. The first kappa shape index (κ1) is 16.4. The minimum atomic E-state index is -0.281. The Kier molecular flexibility index (Phi) is 4.49. The molecule has 0 unspecified atom stereocenters. The maximum atomic E-state index is 13.1. The zero-order valence-electron chi connectivity index (χ0n) is 13.5. The summed E-state index contributed by atoms with van der Waals surface area (Å²) in [6.45, 7) is 4.62. The molecule has 0 radical (unpaired) electrons. The van der Waals surface area contributed by atoms with Crippen LogP contribution in [-0.2, 0) is 6.54 Å². The summed E-state index contributed by atoms with van der Waals surface area (Å²) >= 11 is 5.31. The Hall–Kier alpha value is -2.47. The molecule has 124 valence electrons. The number of rotatable bonds is 4. The second kappa shape index (κ2) is 6.57. The Labute approximate surface area is 144 Å². The lowest BCUT2D eigenvalue weighted by atomic mass is 10.00. The van der Waals surface area contributed by atoms with Gasteiger partial charge in [0.2, 0.25) is 0 Å². The molecule has 2 aromatic carbocycles. The zero-order chi connectivity index (χ0) is 17.3. The Balaban J connectivity index is 2.06. The van der Waals surface area contributed by atoms with Crippen molar-refractivity contribution in [3.63, 3.8) is 0 Å². The molecule has 6 heteroatoms. The van der Waals surface area contributed by atoms with Crippen molar-refractivity contribution in [1.29, 1.82) is 0 Å². The number of aromatic hydroxyl groups is 1. The molecule has 3 rings (SSSR count). The number of aromatic nitrogens is 3. The quantitative estimate of drug-likeness (QED) is 0.680. The van der Waals surface area contributed by atoms with E-state index in [0.29, 0.717) is 28.6 Å². The van der Waals surface area contributed by atoms with Crippen molar-refractivity contribution in [3.8, 4) is 17.1 Å². The van der Waals surface area contributed by atoms with Gasteiger partial charge in [0.25, 0.3) is 0 Å². The summed E-state index contributed by atoms with van der Waals surface area (Å²) in [6, 6.07) is 11.7. The molecule has 0 aliphatic carbocycles. The highest BCUT2D eigenvalue weighted by atomic mass is 32.1. The molecule has 0 spiro atoms. The standard InChI is InChI=1S/C18H18FN3OS/c1-11(2)13-5-8-16(23)15(9-13)17-20-21-18(24)22(17)10-12-3-6-14(19)7-4-12/h3-9,11,23H,10H2,1-2H3,(H,21,24). The molecule has 0 amide bonds. The summed E-state index contributed by atoms with van der Waals surface area (Å²) in [4.78, 5) is 0. The maximum absolute atomic E-state index is 13.1. The fourth-order valence-electron chi connectivity index (χ4n) is 2.53. The highest BCUT2D eigenvalue weighted by molar-refractivity contribution is 7.71. The lowest BCUT2D eigenvalue weighted by molar-refractivity contribution is 0.476. The second-order valence-corrected chi connectivity index (χ2v) is 6.38. The number of hydrogen-bond acceptors (Lipinski definition) is 3. The summed E-state index contributed by atoms with van der Waals surface area (Å²) in [5, 5.41) is 17.3. The third kappa shape index (κ3) is 3.23. The molecule has 2 N–H and O–H groups in total. The molecule has 0 bridgehead atoms. The third-order valence-corrected chi connectivity index (χ3v) is 4.25. The average Bonchev–Trinajstić information content (AvgIpc) is 2.91. The minimum absolute atomic E-state index is 0.147. The third-order valence-electron chi connectivity index (χ3n) is 3.94. The van der Waals surface area contributed by atoms with E-state index in [-0.39, 0.29) is 11.6 Å². The normalized spacial score (nSPS) is 11.2. The molecular formula is C18H18FN3OS. The van der Waals surface area contributed by atoms with Gasteiger partial charge in [-0.3, -0.25) is 9.67 Å². The van der Waals surface area contributed by atoms with Gasteiger partial charge in [0.05, 0.1) is 12.1 Å². The highest BCUT2D eigenvalue weighted by Crippen LogP contribution is 2.31. The van der Waals surface area contributed by atoms with Gasteiger partial charge < -0.3 is 5.11 Å². The van der Waals surface area contributed by atoms with Crippen LogP contribution in [0.1, 0.15) is 30.9 Å². The molecule has 0 atom stereocenters. The summed E-state index contributed by atoms with van der Waals surface area (Å²) in [7, 11) is 0. The van der Waals surface area contributed by atoms with E-state index in [9.17, 15) is 9.50 Å². The number of phenolic OH excluding ortho intramolecular Hbond substituents is 1.